The molecule has 2 nitrogen and oxygen atoms in total. The molecule has 1 unspecified atom stereocenters. The van der Waals surface area contributed by atoms with Crippen LogP contribution in [0, 0.1) is 13.8 Å². The molecular weight excluding hydrogens is 232 g/mol. The van der Waals surface area contributed by atoms with E-state index in [4.69, 9.17) is 5.11 Å². The zero-order valence-corrected chi connectivity index (χ0v) is 11.1. The van der Waals surface area contributed by atoms with E-state index in [1.54, 1.807) is 11.8 Å². The second kappa shape index (κ2) is 5.13. The molecule has 0 bridgehead atoms. The first-order valence-electron chi connectivity index (χ1n) is 6.01. The zero-order valence-electron chi connectivity index (χ0n) is 10.3. The van der Waals surface area contributed by atoms with E-state index in [0.29, 0.717) is 5.25 Å². The predicted octanol–water partition coefficient (Wildman–Crippen LogP) is 3.50. The number of carbonyl (C=O) groups is 1. The fraction of sp³-hybridized carbons (Fsp3) is 0.500. The number of rotatable bonds is 3. The number of carboxylic acids is 1. The lowest BCUT2D eigenvalue weighted by Crippen LogP contribution is -2.10. The minimum absolute atomic E-state index is 0.205. The van der Waals surface area contributed by atoms with Gasteiger partial charge in [-0.15, -0.1) is 11.8 Å². The number of carboxylic acid groups (broad SMARTS) is 1. The highest BCUT2D eigenvalue weighted by atomic mass is 32.2. The van der Waals surface area contributed by atoms with Gasteiger partial charge >= 0.3 is 5.97 Å². The van der Waals surface area contributed by atoms with Gasteiger partial charge in [0.05, 0.1) is 5.75 Å². The minimum atomic E-state index is -0.717. The highest BCUT2D eigenvalue weighted by Crippen LogP contribution is 2.40. The Hall–Kier alpha value is -0.960. The van der Waals surface area contributed by atoms with Crippen molar-refractivity contribution in [3.05, 3.63) is 34.4 Å². The second-order valence-corrected chi connectivity index (χ2v) is 5.91. The van der Waals surface area contributed by atoms with Crippen molar-refractivity contribution >= 4 is 17.7 Å². The Morgan fingerprint density at radius 3 is 2.82 bits per heavy atom. The van der Waals surface area contributed by atoms with Gasteiger partial charge < -0.3 is 5.11 Å². The van der Waals surface area contributed by atoms with Gasteiger partial charge in [-0.05, 0) is 55.4 Å². The third-order valence-corrected chi connectivity index (χ3v) is 4.73. The van der Waals surface area contributed by atoms with Crippen LogP contribution in [0.15, 0.2) is 12.1 Å². The van der Waals surface area contributed by atoms with E-state index in [1.165, 1.54) is 28.7 Å². The molecule has 0 aromatic heterocycles. The van der Waals surface area contributed by atoms with Gasteiger partial charge in [-0.25, -0.2) is 0 Å². The number of fused-ring (bicyclic) bond motifs is 1. The predicted molar refractivity (Wildman–Crippen MR) is 71.7 cm³/mol. The SMILES string of the molecule is Cc1cc2c(cc1C)C(SCC(=O)O)CCC2. The van der Waals surface area contributed by atoms with Crippen molar-refractivity contribution < 1.29 is 9.90 Å². The van der Waals surface area contributed by atoms with Crippen molar-refractivity contribution in [3.8, 4) is 0 Å². The first-order valence-corrected chi connectivity index (χ1v) is 7.06. The van der Waals surface area contributed by atoms with Crippen molar-refractivity contribution in [1.29, 1.82) is 0 Å². The molecule has 1 N–H and O–H groups in total. The molecule has 0 saturated carbocycles. The molecule has 1 aromatic rings. The van der Waals surface area contributed by atoms with Crippen LogP contribution in [-0.4, -0.2) is 16.8 Å². The van der Waals surface area contributed by atoms with Gasteiger partial charge in [-0.2, -0.15) is 0 Å². The van der Waals surface area contributed by atoms with Crippen LogP contribution in [0.4, 0.5) is 0 Å². The normalized spacial score (nSPS) is 18.8. The van der Waals surface area contributed by atoms with Crippen molar-refractivity contribution in [3.63, 3.8) is 0 Å². The molecule has 92 valence electrons. The maximum absolute atomic E-state index is 10.7. The summed E-state index contributed by atoms with van der Waals surface area (Å²) in [6.45, 7) is 4.27. The van der Waals surface area contributed by atoms with E-state index in [-0.39, 0.29) is 5.75 Å². The lowest BCUT2D eigenvalue weighted by molar-refractivity contribution is -0.133. The van der Waals surface area contributed by atoms with Gasteiger partial charge in [0.25, 0.3) is 0 Å². The molecule has 1 aliphatic carbocycles. The van der Waals surface area contributed by atoms with Crippen LogP contribution in [0.25, 0.3) is 0 Å². The molecule has 17 heavy (non-hydrogen) atoms. The standard InChI is InChI=1S/C14H18O2S/c1-9-6-11-4-3-5-13(17-8-14(15)16)12(11)7-10(9)2/h6-7,13H,3-5,8H2,1-2H3,(H,15,16). The first-order chi connectivity index (χ1) is 8.08. The van der Waals surface area contributed by atoms with Crippen LogP contribution in [0.3, 0.4) is 0 Å². The number of aryl methyl sites for hydroxylation is 3. The number of hydrogen-bond donors (Lipinski definition) is 1. The van der Waals surface area contributed by atoms with E-state index in [9.17, 15) is 4.79 Å². The van der Waals surface area contributed by atoms with E-state index in [1.807, 2.05) is 0 Å². The lowest BCUT2D eigenvalue weighted by atomic mass is 9.88. The number of hydrogen-bond acceptors (Lipinski definition) is 2. The molecule has 1 aliphatic rings. The van der Waals surface area contributed by atoms with Gasteiger partial charge in [0.15, 0.2) is 0 Å². The molecule has 0 amide bonds. The fourth-order valence-electron chi connectivity index (χ4n) is 2.39. The quantitative estimate of drug-likeness (QED) is 0.892. The van der Waals surface area contributed by atoms with Crippen LogP contribution in [0.1, 0.15) is 40.3 Å². The third-order valence-electron chi connectivity index (χ3n) is 3.42. The fourth-order valence-corrected chi connectivity index (χ4v) is 3.47. The summed E-state index contributed by atoms with van der Waals surface area (Å²) >= 11 is 1.56. The maximum atomic E-state index is 10.7. The van der Waals surface area contributed by atoms with E-state index in [0.717, 1.165) is 12.8 Å². The van der Waals surface area contributed by atoms with Crippen LogP contribution < -0.4 is 0 Å². The smallest absolute Gasteiger partial charge is 0.313 e. The average molecular weight is 250 g/mol. The Morgan fingerprint density at radius 1 is 1.41 bits per heavy atom. The summed E-state index contributed by atoms with van der Waals surface area (Å²) in [5.41, 5.74) is 5.44. The van der Waals surface area contributed by atoms with Gasteiger partial charge in [0.2, 0.25) is 0 Å². The molecule has 2 rings (SSSR count). The highest BCUT2D eigenvalue weighted by Gasteiger charge is 2.21. The maximum Gasteiger partial charge on any atom is 0.313 e. The Balaban J connectivity index is 2.24. The number of thioether (sulfide) groups is 1. The molecule has 0 heterocycles. The minimum Gasteiger partial charge on any atom is -0.481 e. The van der Waals surface area contributed by atoms with E-state index >= 15 is 0 Å². The van der Waals surface area contributed by atoms with Crippen LogP contribution in [0.5, 0.6) is 0 Å². The second-order valence-electron chi connectivity index (χ2n) is 4.72. The highest BCUT2D eigenvalue weighted by molar-refractivity contribution is 8.00. The summed E-state index contributed by atoms with van der Waals surface area (Å²) in [7, 11) is 0. The lowest BCUT2D eigenvalue weighted by Gasteiger charge is -2.26. The summed E-state index contributed by atoms with van der Waals surface area (Å²) in [6, 6.07) is 4.53. The largest absolute Gasteiger partial charge is 0.481 e. The molecular formula is C14H18O2S. The molecule has 0 spiro atoms. The molecule has 0 radical (unpaired) electrons. The summed E-state index contributed by atoms with van der Waals surface area (Å²) in [6.07, 6.45) is 3.42. The molecule has 3 heteroatoms. The van der Waals surface area contributed by atoms with E-state index in [2.05, 4.69) is 26.0 Å². The third kappa shape index (κ3) is 2.83. The van der Waals surface area contributed by atoms with Crippen LogP contribution in [-0.2, 0) is 11.2 Å². The Labute approximate surface area is 106 Å². The molecule has 0 fully saturated rings. The molecule has 0 saturated heterocycles. The van der Waals surface area contributed by atoms with Gasteiger partial charge in [-0.1, -0.05) is 12.1 Å². The molecule has 0 aliphatic heterocycles. The Bertz CT molecular complexity index is 440. The summed E-state index contributed by atoms with van der Waals surface area (Å²) in [4.78, 5) is 10.7. The first kappa shape index (κ1) is 12.5. The monoisotopic (exact) mass is 250 g/mol. The van der Waals surface area contributed by atoms with Gasteiger partial charge in [-0.3, -0.25) is 4.79 Å². The van der Waals surface area contributed by atoms with Crippen molar-refractivity contribution in [2.24, 2.45) is 0 Å². The van der Waals surface area contributed by atoms with Gasteiger partial charge in [0, 0.05) is 5.25 Å². The van der Waals surface area contributed by atoms with Crippen molar-refractivity contribution in [2.45, 2.75) is 38.4 Å². The Kier molecular flexibility index (Phi) is 3.77. The van der Waals surface area contributed by atoms with Crippen molar-refractivity contribution in [2.75, 3.05) is 5.75 Å². The number of aliphatic carboxylic acids is 1. The molecule has 1 atom stereocenters. The van der Waals surface area contributed by atoms with Crippen LogP contribution in [0.2, 0.25) is 0 Å². The van der Waals surface area contributed by atoms with Crippen molar-refractivity contribution in [1.82, 2.24) is 0 Å². The summed E-state index contributed by atoms with van der Waals surface area (Å²) in [5, 5.41) is 9.14. The summed E-state index contributed by atoms with van der Waals surface area (Å²) < 4.78 is 0. The number of benzene rings is 1. The van der Waals surface area contributed by atoms with Gasteiger partial charge in [0.1, 0.15) is 0 Å². The average Bonchev–Trinajstić information content (AvgIpc) is 2.28. The summed E-state index contributed by atoms with van der Waals surface area (Å²) in [5.74, 6) is -0.511. The van der Waals surface area contributed by atoms with E-state index < -0.39 is 5.97 Å². The topological polar surface area (TPSA) is 37.3 Å². The Morgan fingerprint density at radius 2 is 2.12 bits per heavy atom. The zero-order chi connectivity index (χ0) is 12.4. The van der Waals surface area contributed by atoms with Crippen LogP contribution >= 0.6 is 11.8 Å². The molecule has 1 aromatic carbocycles.